The second-order valence-electron chi connectivity index (χ2n) is 7.92. The molecule has 0 aromatic heterocycles. The fourth-order valence-corrected chi connectivity index (χ4v) is 4.07. The van der Waals surface area contributed by atoms with Gasteiger partial charge in [0.15, 0.2) is 0 Å². The molecule has 150 valence electrons. The maximum atomic E-state index is 2.54. The van der Waals surface area contributed by atoms with E-state index in [4.69, 9.17) is 0 Å². The molecular weight excluding hydrogens is 340 g/mol. The third-order valence-corrected chi connectivity index (χ3v) is 5.71. The molecule has 0 aliphatic carbocycles. The zero-order valence-electron chi connectivity index (χ0n) is 17.5. The quantitative estimate of drug-likeness (QED) is 0.368. The van der Waals surface area contributed by atoms with Crippen LogP contribution in [-0.2, 0) is 6.42 Å². The third kappa shape index (κ3) is 6.15. The molecule has 1 aliphatic rings. The van der Waals surface area contributed by atoms with E-state index in [1.165, 1.54) is 62.6 Å². The van der Waals surface area contributed by atoms with Crippen molar-refractivity contribution in [2.45, 2.75) is 70.9 Å². The second kappa shape index (κ2) is 11.6. The third-order valence-electron chi connectivity index (χ3n) is 5.71. The minimum Gasteiger partial charge on any atom is -0.355 e. The van der Waals surface area contributed by atoms with Crippen molar-refractivity contribution in [1.82, 2.24) is 4.90 Å². The van der Waals surface area contributed by atoms with Crippen LogP contribution in [0, 0.1) is 0 Å². The first-order valence-electron chi connectivity index (χ1n) is 11.2. The van der Waals surface area contributed by atoms with E-state index in [1.54, 1.807) is 0 Å². The van der Waals surface area contributed by atoms with Gasteiger partial charge in [0.05, 0.1) is 0 Å². The summed E-state index contributed by atoms with van der Waals surface area (Å²) < 4.78 is 0. The van der Waals surface area contributed by atoms with Crippen molar-refractivity contribution in [2.24, 2.45) is 0 Å². The lowest BCUT2D eigenvalue weighted by atomic mass is 10.1. The lowest BCUT2D eigenvalue weighted by molar-refractivity contribution is 0.290. The highest BCUT2D eigenvalue weighted by Crippen LogP contribution is 2.27. The molecule has 0 amide bonds. The Labute approximate surface area is 171 Å². The second-order valence-corrected chi connectivity index (χ2v) is 7.92. The zero-order valence-corrected chi connectivity index (χ0v) is 17.5. The smallest absolute Gasteiger partial charge is 0.109 e. The molecule has 1 aliphatic heterocycles. The predicted octanol–water partition coefficient (Wildman–Crippen LogP) is 6.99. The van der Waals surface area contributed by atoms with Crippen LogP contribution in [0.3, 0.4) is 0 Å². The van der Waals surface area contributed by atoms with E-state index in [0.717, 1.165) is 13.0 Å². The van der Waals surface area contributed by atoms with Gasteiger partial charge in [0, 0.05) is 31.1 Å². The Balaban J connectivity index is 1.53. The molecule has 0 bridgehead atoms. The summed E-state index contributed by atoms with van der Waals surface area (Å²) >= 11 is 0. The van der Waals surface area contributed by atoms with Gasteiger partial charge >= 0.3 is 0 Å². The summed E-state index contributed by atoms with van der Waals surface area (Å²) in [4.78, 5) is 4.97. The van der Waals surface area contributed by atoms with Crippen LogP contribution < -0.4 is 4.90 Å². The number of rotatable bonds is 12. The highest BCUT2D eigenvalue weighted by Gasteiger charge is 2.27. The Hall–Kier alpha value is -2.22. The highest BCUT2D eigenvalue weighted by molar-refractivity contribution is 5.51. The van der Waals surface area contributed by atoms with Crippen molar-refractivity contribution >= 4 is 5.69 Å². The van der Waals surface area contributed by atoms with Gasteiger partial charge in [-0.3, -0.25) is 0 Å². The Morgan fingerprint density at radius 1 is 0.679 bits per heavy atom. The summed E-state index contributed by atoms with van der Waals surface area (Å²) in [6.07, 6.45) is 16.9. The van der Waals surface area contributed by atoms with Gasteiger partial charge in [0.2, 0.25) is 0 Å². The van der Waals surface area contributed by atoms with E-state index in [0.29, 0.717) is 6.17 Å². The molecule has 2 heteroatoms. The maximum Gasteiger partial charge on any atom is 0.109 e. The van der Waals surface area contributed by atoms with Crippen LogP contribution in [0.2, 0.25) is 0 Å². The predicted molar refractivity (Wildman–Crippen MR) is 121 cm³/mol. The van der Waals surface area contributed by atoms with E-state index >= 15 is 0 Å². The lowest BCUT2D eigenvalue weighted by Gasteiger charge is -2.33. The number of benzene rings is 2. The summed E-state index contributed by atoms with van der Waals surface area (Å²) in [6, 6.07) is 21.7. The molecule has 2 aromatic rings. The number of nitrogens with zero attached hydrogens (tertiary/aromatic N) is 2. The molecule has 0 fully saturated rings. The number of anilines is 1. The average Bonchev–Trinajstić information content (AvgIpc) is 3.14. The minimum atomic E-state index is 0.370. The first-order valence-corrected chi connectivity index (χ1v) is 11.2. The van der Waals surface area contributed by atoms with Crippen molar-refractivity contribution in [1.29, 1.82) is 0 Å². The molecule has 2 nitrogen and oxygen atoms in total. The van der Waals surface area contributed by atoms with E-state index in [-0.39, 0.29) is 0 Å². The van der Waals surface area contributed by atoms with Gasteiger partial charge in [-0.1, -0.05) is 100 Å². The van der Waals surface area contributed by atoms with E-state index in [9.17, 15) is 0 Å². The fraction of sp³-hybridized carbons (Fsp3) is 0.462. The molecule has 28 heavy (non-hydrogen) atoms. The van der Waals surface area contributed by atoms with Gasteiger partial charge in [-0.15, -0.1) is 0 Å². The molecule has 0 radical (unpaired) electrons. The van der Waals surface area contributed by atoms with Crippen LogP contribution in [0.5, 0.6) is 0 Å². The van der Waals surface area contributed by atoms with Crippen molar-refractivity contribution in [3.05, 3.63) is 78.6 Å². The van der Waals surface area contributed by atoms with Crippen LogP contribution in [-0.4, -0.2) is 17.6 Å². The van der Waals surface area contributed by atoms with Crippen molar-refractivity contribution in [2.75, 3.05) is 11.4 Å². The van der Waals surface area contributed by atoms with Crippen LogP contribution in [0.4, 0.5) is 5.69 Å². The van der Waals surface area contributed by atoms with Gasteiger partial charge in [-0.2, -0.15) is 0 Å². The number of hydrogen-bond acceptors (Lipinski definition) is 2. The normalized spacial score (nSPS) is 16.1. The summed E-state index contributed by atoms with van der Waals surface area (Å²) in [5.74, 6) is 0. The first-order chi connectivity index (χ1) is 13.9. The Morgan fingerprint density at radius 2 is 1.29 bits per heavy atom. The fourth-order valence-electron chi connectivity index (χ4n) is 4.07. The lowest BCUT2D eigenvalue weighted by Crippen LogP contribution is -2.40. The summed E-state index contributed by atoms with van der Waals surface area (Å²) in [5, 5.41) is 0. The van der Waals surface area contributed by atoms with Gasteiger partial charge in [-0.25, -0.2) is 0 Å². The van der Waals surface area contributed by atoms with Crippen molar-refractivity contribution in [3.8, 4) is 0 Å². The molecule has 3 rings (SSSR count). The van der Waals surface area contributed by atoms with Crippen molar-refractivity contribution in [3.63, 3.8) is 0 Å². The highest BCUT2D eigenvalue weighted by atomic mass is 15.4. The monoisotopic (exact) mass is 376 g/mol. The Morgan fingerprint density at radius 3 is 1.96 bits per heavy atom. The molecule has 0 saturated heterocycles. The summed E-state index contributed by atoms with van der Waals surface area (Å²) in [5.41, 5.74) is 2.68. The maximum absolute atomic E-state index is 2.54. The van der Waals surface area contributed by atoms with Crippen molar-refractivity contribution < 1.29 is 0 Å². The summed E-state index contributed by atoms with van der Waals surface area (Å²) in [7, 11) is 0. The van der Waals surface area contributed by atoms with E-state index < -0.39 is 0 Å². The van der Waals surface area contributed by atoms with Gasteiger partial charge in [0.1, 0.15) is 6.17 Å². The zero-order chi connectivity index (χ0) is 19.4. The van der Waals surface area contributed by atoms with Crippen LogP contribution in [0.1, 0.15) is 63.9 Å². The molecule has 0 N–H and O–H groups in total. The largest absolute Gasteiger partial charge is 0.355 e. The SMILES string of the molecule is CCCCCCCCCCN1C=CN(c2ccccc2)C1Cc1ccccc1. The standard InChI is InChI=1S/C26H36N2/c1-2-3-4-5-6-7-8-15-20-27-21-22-28(25-18-13-10-14-19-25)26(27)23-24-16-11-9-12-17-24/h9-14,16-19,21-22,26H,2-8,15,20,23H2,1H3. The molecule has 0 saturated carbocycles. The number of hydrogen-bond donors (Lipinski definition) is 0. The molecule has 2 aromatic carbocycles. The van der Waals surface area contributed by atoms with E-state index in [1.807, 2.05) is 0 Å². The molecule has 1 heterocycles. The molecule has 1 unspecified atom stereocenters. The number of unbranched alkanes of at least 4 members (excludes halogenated alkanes) is 7. The Bertz CT molecular complexity index is 680. The topological polar surface area (TPSA) is 6.48 Å². The van der Waals surface area contributed by atoms with Crippen LogP contribution in [0.15, 0.2) is 73.1 Å². The molecule has 1 atom stereocenters. The van der Waals surface area contributed by atoms with Gasteiger partial charge in [-0.05, 0) is 24.1 Å². The van der Waals surface area contributed by atoms with Crippen LogP contribution in [0.25, 0.3) is 0 Å². The minimum absolute atomic E-state index is 0.370. The van der Waals surface area contributed by atoms with Gasteiger partial charge in [0.25, 0.3) is 0 Å². The summed E-state index contributed by atoms with van der Waals surface area (Å²) in [6.45, 7) is 3.43. The number of para-hydroxylation sites is 1. The Kier molecular flexibility index (Phi) is 8.49. The first kappa shape index (κ1) is 20.5. The molecular formula is C26H36N2. The van der Waals surface area contributed by atoms with Gasteiger partial charge < -0.3 is 9.80 Å². The van der Waals surface area contributed by atoms with Crippen LogP contribution >= 0.6 is 0 Å². The average molecular weight is 377 g/mol. The molecule has 0 spiro atoms. The van der Waals surface area contributed by atoms with E-state index in [2.05, 4.69) is 89.8 Å².